The fraction of sp³-hybridized carbons (Fsp3) is 0.375. The third-order valence-electron chi connectivity index (χ3n) is 12.7. The Hall–Kier alpha value is -5.78. The first kappa shape index (κ1) is 38.7. The maximum atomic E-state index is 14.2. The second kappa shape index (κ2) is 17.2. The van der Waals surface area contributed by atoms with Gasteiger partial charge in [-0.2, -0.15) is 0 Å². The summed E-state index contributed by atoms with van der Waals surface area (Å²) in [5.41, 5.74) is 6.10. The lowest BCUT2D eigenvalue weighted by molar-refractivity contribution is -0.141. The number of benzene rings is 4. The van der Waals surface area contributed by atoms with Gasteiger partial charge in [0.25, 0.3) is 0 Å². The summed E-state index contributed by atoms with van der Waals surface area (Å²) in [4.78, 5) is 67.3. The Morgan fingerprint density at radius 3 is 1.51 bits per heavy atom. The van der Waals surface area contributed by atoms with Crippen LogP contribution in [0.1, 0.15) is 74.6 Å². The van der Waals surface area contributed by atoms with Gasteiger partial charge in [0, 0.05) is 41.1 Å². The lowest BCUT2D eigenvalue weighted by Crippen LogP contribution is -2.48. The fourth-order valence-electron chi connectivity index (χ4n) is 9.76. The average Bonchev–Trinajstić information content (AvgIpc) is 4.12. The minimum Gasteiger partial charge on any atom is -0.355 e. The molecule has 4 saturated heterocycles. The highest BCUT2D eigenvalue weighted by Gasteiger charge is 2.42. The van der Waals surface area contributed by atoms with Gasteiger partial charge in [-0.05, 0) is 131 Å². The van der Waals surface area contributed by atoms with Gasteiger partial charge in [-0.1, -0.05) is 72.8 Å². The van der Waals surface area contributed by atoms with Crippen molar-refractivity contribution >= 4 is 45.9 Å². The normalized spacial score (nSPS) is 20.9. The van der Waals surface area contributed by atoms with Crippen LogP contribution in [0.25, 0.3) is 22.2 Å². The number of likely N-dealkylation sites (tertiary alicyclic amines) is 4. The molecule has 4 atom stereocenters. The molecule has 5 heterocycles. The van der Waals surface area contributed by atoms with Crippen LogP contribution in [-0.2, 0) is 19.2 Å². The Labute approximate surface area is 345 Å². The third kappa shape index (κ3) is 8.14. The number of nitrogens with one attached hydrogen (secondary N) is 3. The predicted octanol–water partition coefficient (Wildman–Crippen LogP) is 7.37. The van der Waals surface area contributed by atoms with E-state index >= 15 is 0 Å². The first-order valence-corrected chi connectivity index (χ1v) is 21.5. The number of aromatic amines is 1. The number of aromatic nitrogens is 1. The van der Waals surface area contributed by atoms with Crippen molar-refractivity contribution in [3.05, 3.63) is 120 Å². The van der Waals surface area contributed by atoms with Crippen molar-refractivity contribution in [2.45, 2.75) is 75.5 Å². The van der Waals surface area contributed by atoms with E-state index in [-0.39, 0.29) is 35.7 Å². The van der Waals surface area contributed by atoms with E-state index in [1.807, 2.05) is 103 Å². The van der Waals surface area contributed by atoms with Crippen molar-refractivity contribution in [1.29, 1.82) is 0 Å². The van der Waals surface area contributed by atoms with Crippen molar-refractivity contribution in [3.63, 3.8) is 0 Å². The summed E-state index contributed by atoms with van der Waals surface area (Å²) < 4.78 is 0. The topological polar surface area (TPSA) is 121 Å². The smallest absolute Gasteiger partial charge is 0.247 e. The zero-order chi connectivity index (χ0) is 40.3. The van der Waals surface area contributed by atoms with Gasteiger partial charge in [-0.15, -0.1) is 0 Å². The lowest BCUT2D eigenvalue weighted by atomic mass is 10.0. The van der Waals surface area contributed by atoms with Gasteiger partial charge in [0.05, 0.1) is 0 Å². The second-order valence-corrected chi connectivity index (χ2v) is 16.5. The van der Waals surface area contributed by atoms with E-state index in [0.717, 1.165) is 98.0 Å². The molecule has 5 aromatic rings. The Bertz CT molecular complexity index is 2280. The van der Waals surface area contributed by atoms with Gasteiger partial charge in [-0.25, -0.2) is 0 Å². The number of nitrogens with zero attached hydrogens (tertiary/aromatic N) is 4. The first-order chi connectivity index (χ1) is 28.9. The molecule has 0 radical (unpaired) electrons. The molecule has 304 valence electrons. The standard InChI is InChI=1S/C48H53N7O4/c56-45(41-17-11-29-54(41)47(58)43(52-25-7-8-26-52)34-13-3-1-4-14-34)49-37-21-19-33(20-22-37)40-32-36-31-38(23-24-39(36)51-40)50-46(57)42-18-12-30-55(42)48(59)44(53-27-9-10-28-53)35-15-5-2-6-16-35/h1-6,13-16,19-24,31-32,41-44,51H,7-12,17-18,25-30H2,(H,49,56)(H,50,57)/t41-,42-,43+,44+/m0/s1. The summed E-state index contributed by atoms with van der Waals surface area (Å²) in [6.07, 6.45) is 7.17. The van der Waals surface area contributed by atoms with E-state index in [2.05, 4.69) is 31.5 Å². The number of rotatable bonds is 11. The van der Waals surface area contributed by atoms with E-state index < -0.39 is 12.1 Å². The van der Waals surface area contributed by atoms with Crippen molar-refractivity contribution in [3.8, 4) is 11.3 Å². The molecule has 3 N–H and O–H groups in total. The van der Waals surface area contributed by atoms with Crippen LogP contribution in [0.3, 0.4) is 0 Å². The molecule has 0 bridgehead atoms. The summed E-state index contributed by atoms with van der Waals surface area (Å²) >= 11 is 0. The quantitative estimate of drug-likeness (QED) is 0.129. The first-order valence-electron chi connectivity index (χ1n) is 21.5. The number of carbonyl (C=O) groups excluding carboxylic acids is 4. The molecule has 4 aliphatic rings. The summed E-state index contributed by atoms with van der Waals surface area (Å²) in [7, 11) is 0. The Morgan fingerprint density at radius 2 is 1.00 bits per heavy atom. The van der Waals surface area contributed by atoms with Crippen molar-refractivity contribution < 1.29 is 19.2 Å². The predicted molar refractivity (Wildman–Crippen MR) is 230 cm³/mol. The lowest BCUT2D eigenvalue weighted by Gasteiger charge is -2.33. The van der Waals surface area contributed by atoms with Crippen LogP contribution in [0.5, 0.6) is 0 Å². The molecule has 0 unspecified atom stereocenters. The number of hydrogen-bond acceptors (Lipinski definition) is 6. The highest BCUT2D eigenvalue weighted by Crippen LogP contribution is 2.34. The zero-order valence-corrected chi connectivity index (χ0v) is 33.5. The van der Waals surface area contributed by atoms with Gasteiger partial charge < -0.3 is 25.4 Å². The molecular weight excluding hydrogens is 739 g/mol. The minimum absolute atomic E-state index is 0.00701. The Kier molecular flexibility index (Phi) is 11.3. The molecule has 4 amide bonds. The molecule has 1 aromatic heterocycles. The third-order valence-corrected chi connectivity index (χ3v) is 12.7. The summed E-state index contributed by atoms with van der Waals surface area (Å²) in [6.45, 7) is 4.68. The molecule has 0 aliphatic carbocycles. The molecular formula is C48H53N7O4. The van der Waals surface area contributed by atoms with Crippen molar-refractivity contribution in [1.82, 2.24) is 24.6 Å². The monoisotopic (exact) mass is 791 g/mol. The Balaban J connectivity index is 0.843. The van der Waals surface area contributed by atoms with Crippen LogP contribution in [-0.4, -0.2) is 99.6 Å². The van der Waals surface area contributed by atoms with Gasteiger partial charge in [0.15, 0.2) is 0 Å². The number of anilines is 2. The maximum Gasteiger partial charge on any atom is 0.247 e. The second-order valence-electron chi connectivity index (χ2n) is 16.5. The minimum atomic E-state index is -0.522. The molecule has 4 aliphatic heterocycles. The maximum absolute atomic E-state index is 14.2. The number of fused-ring (bicyclic) bond motifs is 1. The van der Waals surface area contributed by atoms with Crippen LogP contribution in [0.15, 0.2) is 109 Å². The Morgan fingerprint density at radius 1 is 0.525 bits per heavy atom. The largest absolute Gasteiger partial charge is 0.355 e. The van der Waals surface area contributed by atoms with Crippen molar-refractivity contribution in [2.24, 2.45) is 0 Å². The number of hydrogen-bond donors (Lipinski definition) is 3. The van der Waals surface area contributed by atoms with E-state index in [1.54, 1.807) is 9.80 Å². The van der Waals surface area contributed by atoms with Crippen LogP contribution in [0.2, 0.25) is 0 Å². The number of H-pyrrole nitrogens is 1. The van der Waals surface area contributed by atoms with Crippen LogP contribution < -0.4 is 10.6 Å². The number of carbonyl (C=O) groups is 4. The zero-order valence-electron chi connectivity index (χ0n) is 33.5. The SMILES string of the molecule is O=C(Nc1ccc(-c2cc3cc(NC(=O)[C@@H]4CCCN4C(=O)[C@@H](c4ccccc4)N4CCCC4)ccc3[nH]2)cc1)[C@@H]1CCCN1C(=O)[C@@H](c1ccccc1)N1CCCC1. The highest BCUT2D eigenvalue weighted by atomic mass is 16.2. The van der Waals surface area contributed by atoms with Gasteiger partial charge in [0.1, 0.15) is 24.2 Å². The highest BCUT2D eigenvalue weighted by molar-refractivity contribution is 6.01. The molecule has 9 rings (SSSR count). The van der Waals surface area contributed by atoms with E-state index in [4.69, 9.17) is 0 Å². The van der Waals surface area contributed by atoms with Crippen LogP contribution in [0.4, 0.5) is 11.4 Å². The van der Waals surface area contributed by atoms with E-state index in [9.17, 15) is 19.2 Å². The van der Waals surface area contributed by atoms with Crippen molar-refractivity contribution in [2.75, 3.05) is 49.9 Å². The molecule has 11 heteroatoms. The summed E-state index contributed by atoms with van der Waals surface area (Å²) in [5, 5.41) is 7.15. The van der Waals surface area contributed by atoms with Gasteiger partial charge in [-0.3, -0.25) is 29.0 Å². The molecule has 0 spiro atoms. The molecule has 59 heavy (non-hydrogen) atoms. The average molecular weight is 792 g/mol. The molecule has 11 nitrogen and oxygen atoms in total. The van der Waals surface area contributed by atoms with Gasteiger partial charge >= 0.3 is 0 Å². The molecule has 0 saturated carbocycles. The van der Waals surface area contributed by atoms with Gasteiger partial charge in [0.2, 0.25) is 23.6 Å². The summed E-state index contributed by atoms with van der Waals surface area (Å²) in [6, 6.07) is 33.7. The van der Waals surface area contributed by atoms with E-state index in [0.29, 0.717) is 37.3 Å². The molecule has 4 aromatic carbocycles. The number of amides is 4. The van der Waals surface area contributed by atoms with E-state index in [1.165, 1.54) is 0 Å². The van der Waals surface area contributed by atoms with Crippen LogP contribution in [0, 0.1) is 0 Å². The molecule has 4 fully saturated rings. The van der Waals surface area contributed by atoms with Crippen LogP contribution >= 0.6 is 0 Å². The fourth-order valence-corrected chi connectivity index (χ4v) is 9.76. The summed E-state index contributed by atoms with van der Waals surface area (Å²) in [5.74, 6) is -0.310.